The summed E-state index contributed by atoms with van der Waals surface area (Å²) in [7, 11) is 2.21. The summed E-state index contributed by atoms with van der Waals surface area (Å²) in [6.45, 7) is 4.16. The molecule has 1 aliphatic rings. The number of H-pyrrole nitrogens is 1. The average Bonchev–Trinajstić information content (AvgIpc) is 2.97. The maximum absolute atomic E-state index is 5.89. The van der Waals surface area contributed by atoms with Gasteiger partial charge in [-0.05, 0) is 57.5 Å². The molecular formula is C16H22N2O. The second kappa shape index (κ2) is 5.25. The average molecular weight is 258 g/mol. The van der Waals surface area contributed by atoms with Crippen LogP contribution in [-0.2, 0) is 0 Å². The summed E-state index contributed by atoms with van der Waals surface area (Å²) in [5, 5.41) is 1.28. The predicted octanol–water partition coefficient (Wildman–Crippen LogP) is 3.34. The molecule has 1 aromatic heterocycles. The van der Waals surface area contributed by atoms with Gasteiger partial charge in [-0.25, -0.2) is 0 Å². The Morgan fingerprint density at radius 1 is 1.42 bits per heavy atom. The Balaban J connectivity index is 1.59. The number of hydrogen-bond acceptors (Lipinski definition) is 2. The zero-order valence-electron chi connectivity index (χ0n) is 11.8. The van der Waals surface area contributed by atoms with Crippen LogP contribution in [0.4, 0.5) is 0 Å². The van der Waals surface area contributed by atoms with E-state index in [9.17, 15) is 0 Å². The second-order valence-corrected chi connectivity index (χ2v) is 5.59. The molecule has 0 aliphatic carbocycles. The number of aryl methyl sites for hydroxylation is 1. The third kappa shape index (κ3) is 2.61. The van der Waals surface area contributed by atoms with E-state index in [0.717, 1.165) is 24.3 Å². The zero-order valence-corrected chi connectivity index (χ0v) is 11.8. The first-order valence-electron chi connectivity index (χ1n) is 7.15. The van der Waals surface area contributed by atoms with Gasteiger partial charge in [-0.15, -0.1) is 0 Å². The molecule has 1 N–H and O–H groups in total. The van der Waals surface area contributed by atoms with Crippen LogP contribution in [0.2, 0.25) is 0 Å². The highest BCUT2D eigenvalue weighted by Gasteiger charge is 2.20. The van der Waals surface area contributed by atoms with Crippen molar-refractivity contribution in [1.82, 2.24) is 9.88 Å². The molecule has 1 saturated heterocycles. The van der Waals surface area contributed by atoms with Crippen molar-refractivity contribution in [2.24, 2.45) is 0 Å². The Labute approximate surface area is 114 Å². The van der Waals surface area contributed by atoms with Crippen molar-refractivity contribution >= 4 is 10.9 Å². The van der Waals surface area contributed by atoms with Crippen molar-refractivity contribution in [3.63, 3.8) is 0 Å². The molecule has 102 valence electrons. The van der Waals surface area contributed by atoms with E-state index < -0.39 is 0 Å². The smallest absolute Gasteiger partial charge is 0.121 e. The van der Waals surface area contributed by atoms with Gasteiger partial charge in [0.2, 0.25) is 0 Å². The number of likely N-dealkylation sites (tertiary alicyclic amines) is 1. The van der Waals surface area contributed by atoms with Gasteiger partial charge in [0.25, 0.3) is 0 Å². The summed E-state index contributed by atoms with van der Waals surface area (Å²) < 4.78 is 5.89. The lowest BCUT2D eigenvalue weighted by atomic mass is 10.1. The highest BCUT2D eigenvalue weighted by atomic mass is 16.5. The molecule has 1 aromatic carbocycles. The summed E-state index contributed by atoms with van der Waals surface area (Å²) >= 11 is 0. The third-order valence-corrected chi connectivity index (χ3v) is 4.25. The highest BCUT2D eigenvalue weighted by molar-refractivity contribution is 5.84. The molecular weight excluding hydrogens is 236 g/mol. The molecule has 1 unspecified atom stereocenters. The molecule has 0 amide bonds. The van der Waals surface area contributed by atoms with Gasteiger partial charge in [-0.3, -0.25) is 0 Å². The summed E-state index contributed by atoms with van der Waals surface area (Å²) in [6.07, 6.45) is 5.81. The number of ether oxygens (including phenoxy) is 1. The number of nitrogens with one attached hydrogen (secondary N) is 1. The summed E-state index contributed by atoms with van der Waals surface area (Å²) in [4.78, 5) is 5.72. The Hall–Kier alpha value is -1.48. The van der Waals surface area contributed by atoms with E-state index in [2.05, 4.69) is 42.1 Å². The number of nitrogens with zero attached hydrogens (tertiary/aromatic N) is 1. The number of aromatic nitrogens is 1. The van der Waals surface area contributed by atoms with Crippen LogP contribution in [0.5, 0.6) is 5.75 Å². The topological polar surface area (TPSA) is 28.3 Å². The van der Waals surface area contributed by atoms with Crippen LogP contribution in [-0.4, -0.2) is 36.1 Å². The van der Waals surface area contributed by atoms with Crippen LogP contribution in [0.1, 0.15) is 24.8 Å². The van der Waals surface area contributed by atoms with Crippen molar-refractivity contribution in [3.8, 4) is 5.75 Å². The van der Waals surface area contributed by atoms with Gasteiger partial charge >= 0.3 is 0 Å². The SMILES string of the molecule is Cc1c[nH]c2cc(OCCC3CCCN3C)ccc12. The molecule has 2 heterocycles. The zero-order chi connectivity index (χ0) is 13.2. The van der Waals surface area contributed by atoms with Gasteiger partial charge in [-0.1, -0.05) is 0 Å². The molecule has 0 bridgehead atoms. The molecule has 3 rings (SSSR count). The van der Waals surface area contributed by atoms with E-state index >= 15 is 0 Å². The maximum Gasteiger partial charge on any atom is 0.121 e. The van der Waals surface area contributed by atoms with E-state index in [0.29, 0.717) is 6.04 Å². The van der Waals surface area contributed by atoms with Crippen molar-refractivity contribution in [3.05, 3.63) is 30.0 Å². The fraction of sp³-hybridized carbons (Fsp3) is 0.500. The molecule has 0 saturated carbocycles. The first kappa shape index (κ1) is 12.5. The number of benzene rings is 1. The molecule has 3 nitrogen and oxygen atoms in total. The highest BCUT2D eigenvalue weighted by Crippen LogP contribution is 2.23. The maximum atomic E-state index is 5.89. The normalized spacial score (nSPS) is 20.2. The van der Waals surface area contributed by atoms with Gasteiger partial charge in [0.15, 0.2) is 0 Å². The lowest BCUT2D eigenvalue weighted by Gasteiger charge is -2.19. The van der Waals surface area contributed by atoms with Gasteiger partial charge in [0.05, 0.1) is 6.61 Å². The van der Waals surface area contributed by atoms with Crippen LogP contribution in [0.3, 0.4) is 0 Å². The lowest BCUT2D eigenvalue weighted by molar-refractivity contribution is 0.233. The molecule has 1 aliphatic heterocycles. The summed E-state index contributed by atoms with van der Waals surface area (Å²) in [5.41, 5.74) is 2.45. The lowest BCUT2D eigenvalue weighted by Crippen LogP contribution is -2.26. The largest absolute Gasteiger partial charge is 0.493 e. The van der Waals surface area contributed by atoms with E-state index in [1.807, 2.05) is 6.20 Å². The first-order chi connectivity index (χ1) is 9.24. The fourth-order valence-electron chi connectivity index (χ4n) is 3.00. The number of rotatable bonds is 4. The Kier molecular flexibility index (Phi) is 3.47. The number of fused-ring (bicyclic) bond motifs is 1. The quantitative estimate of drug-likeness (QED) is 0.911. The minimum Gasteiger partial charge on any atom is -0.493 e. The van der Waals surface area contributed by atoms with Crippen molar-refractivity contribution in [2.45, 2.75) is 32.2 Å². The summed E-state index contributed by atoms with van der Waals surface area (Å²) in [5.74, 6) is 0.968. The second-order valence-electron chi connectivity index (χ2n) is 5.59. The molecule has 0 radical (unpaired) electrons. The number of hydrogen-bond donors (Lipinski definition) is 1. The standard InChI is InChI=1S/C16H22N2O/c1-12-11-17-16-10-14(5-6-15(12)16)19-9-7-13-4-3-8-18(13)2/h5-6,10-11,13,17H,3-4,7-9H2,1-2H3. The van der Waals surface area contributed by atoms with E-state index in [1.54, 1.807) is 0 Å². The van der Waals surface area contributed by atoms with Crippen LogP contribution in [0.15, 0.2) is 24.4 Å². The fourth-order valence-corrected chi connectivity index (χ4v) is 3.00. The Morgan fingerprint density at radius 2 is 2.32 bits per heavy atom. The van der Waals surface area contributed by atoms with Crippen molar-refractivity contribution in [2.75, 3.05) is 20.2 Å². The van der Waals surface area contributed by atoms with Crippen LogP contribution in [0.25, 0.3) is 10.9 Å². The molecule has 1 fully saturated rings. The van der Waals surface area contributed by atoms with Crippen LogP contribution in [0, 0.1) is 6.92 Å². The summed E-state index contributed by atoms with van der Waals surface area (Å²) in [6, 6.07) is 7.01. The Bertz CT molecular complexity index is 561. The molecule has 3 heteroatoms. The van der Waals surface area contributed by atoms with E-state index in [-0.39, 0.29) is 0 Å². The minimum absolute atomic E-state index is 0.705. The van der Waals surface area contributed by atoms with Gasteiger partial charge in [0, 0.05) is 29.2 Å². The van der Waals surface area contributed by atoms with E-state index in [4.69, 9.17) is 4.74 Å². The molecule has 0 spiro atoms. The third-order valence-electron chi connectivity index (χ3n) is 4.25. The monoisotopic (exact) mass is 258 g/mol. The van der Waals surface area contributed by atoms with Gasteiger partial charge in [0.1, 0.15) is 5.75 Å². The molecule has 2 aromatic rings. The predicted molar refractivity (Wildman–Crippen MR) is 78.8 cm³/mol. The van der Waals surface area contributed by atoms with Crippen molar-refractivity contribution in [1.29, 1.82) is 0 Å². The van der Waals surface area contributed by atoms with E-state index in [1.165, 1.54) is 30.3 Å². The minimum atomic E-state index is 0.705. The number of aromatic amines is 1. The van der Waals surface area contributed by atoms with Crippen LogP contribution < -0.4 is 4.74 Å². The first-order valence-corrected chi connectivity index (χ1v) is 7.15. The van der Waals surface area contributed by atoms with Gasteiger partial charge in [-0.2, -0.15) is 0 Å². The Morgan fingerprint density at radius 3 is 3.11 bits per heavy atom. The van der Waals surface area contributed by atoms with Gasteiger partial charge < -0.3 is 14.6 Å². The van der Waals surface area contributed by atoms with Crippen molar-refractivity contribution < 1.29 is 4.74 Å². The van der Waals surface area contributed by atoms with Crippen LogP contribution >= 0.6 is 0 Å². The molecule has 19 heavy (non-hydrogen) atoms. The molecule has 1 atom stereocenters.